The number of benzene rings is 1. The number of fused-ring (bicyclic) bond motifs is 1. The Morgan fingerprint density at radius 2 is 2.21 bits per heavy atom. The Labute approximate surface area is 84.5 Å². The van der Waals surface area contributed by atoms with Crippen LogP contribution in [0.3, 0.4) is 0 Å². The van der Waals surface area contributed by atoms with E-state index in [0.29, 0.717) is 13.2 Å². The molecule has 0 saturated heterocycles. The van der Waals surface area contributed by atoms with Gasteiger partial charge in [0, 0.05) is 19.8 Å². The summed E-state index contributed by atoms with van der Waals surface area (Å²) in [5, 5.41) is 0. The highest BCUT2D eigenvalue weighted by Gasteiger charge is 2.17. The summed E-state index contributed by atoms with van der Waals surface area (Å²) in [4.78, 5) is 2.08. The maximum atomic E-state index is 5.93. The van der Waals surface area contributed by atoms with E-state index in [-0.39, 0.29) is 6.04 Å². The van der Waals surface area contributed by atoms with Crippen LogP contribution in [0.4, 0.5) is 5.69 Å². The molecule has 76 valence electrons. The molecule has 2 N–H and O–H groups in total. The molecule has 0 saturated carbocycles. The lowest BCUT2D eigenvalue weighted by molar-refractivity contribution is 0.0924. The summed E-state index contributed by atoms with van der Waals surface area (Å²) in [5.41, 5.74) is 9.57. The second-order valence-corrected chi connectivity index (χ2v) is 3.90. The van der Waals surface area contributed by atoms with Crippen molar-refractivity contribution in [2.24, 2.45) is 5.73 Å². The van der Waals surface area contributed by atoms with E-state index < -0.39 is 0 Å². The maximum Gasteiger partial charge on any atom is 0.0721 e. The monoisotopic (exact) mass is 192 g/mol. The molecule has 3 nitrogen and oxygen atoms in total. The molecule has 1 aromatic carbocycles. The van der Waals surface area contributed by atoms with Gasteiger partial charge in [0.15, 0.2) is 0 Å². The number of rotatable bonds is 1. The third-order valence-corrected chi connectivity index (χ3v) is 2.60. The molecule has 1 aliphatic rings. The molecule has 1 heterocycles. The molecule has 0 spiro atoms. The molecule has 1 aromatic rings. The summed E-state index contributed by atoms with van der Waals surface area (Å²) in [6.45, 7) is 1.32. The van der Waals surface area contributed by atoms with E-state index in [1.54, 1.807) is 0 Å². The van der Waals surface area contributed by atoms with Crippen molar-refractivity contribution < 1.29 is 4.74 Å². The fraction of sp³-hybridized carbons (Fsp3) is 0.455. The van der Waals surface area contributed by atoms with Crippen LogP contribution in [0.25, 0.3) is 0 Å². The number of hydrogen-bond donors (Lipinski definition) is 1. The zero-order valence-electron chi connectivity index (χ0n) is 8.66. The number of hydrogen-bond acceptors (Lipinski definition) is 3. The standard InChI is InChI=1S/C11H16N2O/c1-13(2)9-3-4-10-8(5-9)6-14-7-11(10)12/h3-5,11H,6-7,12H2,1-2H3. The van der Waals surface area contributed by atoms with Crippen LogP contribution in [0.1, 0.15) is 17.2 Å². The zero-order valence-corrected chi connectivity index (χ0v) is 8.66. The molecule has 1 unspecified atom stereocenters. The molecular weight excluding hydrogens is 176 g/mol. The lowest BCUT2D eigenvalue weighted by atomic mass is 9.99. The molecule has 0 bridgehead atoms. The predicted octanol–water partition coefficient (Wildman–Crippen LogP) is 1.28. The quantitative estimate of drug-likeness (QED) is 0.728. The SMILES string of the molecule is CN(C)c1ccc2c(c1)COCC2N. The molecule has 0 amide bonds. The second-order valence-electron chi connectivity index (χ2n) is 3.90. The van der Waals surface area contributed by atoms with Gasteiger partial charge in [-0.3, -0.25) is 0 Å². The van der Waals surface area contributed by atoms with Crippen molar-refractivity contribution in [2.75, 3.05) is 25.6 Å². The Kier molecular flexibility index (Phi) is 2.44. The summed E-state index contributed by atoms with van der Waals surface area (Å²) in [6.07, 6.45) is 0. The smallest absolute Gasteiger partial charge is 0.0721 e. The minimum atomic E-state index is 0.0370. The molecule has 1 atom stereocenters. The summed E-state index contributed by atoms with van der Waals surface area (Å²) < 4.78 is 5.40. The van der Waals surface area contributed by atoms with Gasteiger partial charge < -0.3 is 15.4 Å². The van der Waals surface area contributed by atoms with Gasteiger partial charge in [-0.2, -0.15) is 0 Å². The van der Waals surface area contributed by atoms with Crippen molar-refractivity contribution in [1.29, 1.82) is 0 Å². The Morgan fingerprint density at radius 3 is 2.93 bits per heavy atom. The third kappa shape index (κ3) is 1.61. The maximum absolute atomic E-state index is 5.93. The average Bonchev–Trinajstić information content (AvgIpc) is 2.17. The van der Waals surface area contributed by atoms with Crippen molar-refractivity contribution in [3.63, 3.8) is 0 Å². The Hall–Kier alpha value is -1.06. The summed E-state index contributed by atoms with van der Waals surface area (Å²) in [7, 11) is 4.07. The molecule has 14 heavy (non-hydrogen) atoms. The van der Waals surface area contributed by atoms with Crippen LogP contribution in [0.5, 0.6) is 0 Å². The van der Waals surface area contributed by atoms with E-state index in [9.17, 15) is 0 Å². The van der Waals surface area contributed by atoms with Gasteiger partial charge in [-0.25, -0.2) is 0 Å². The molecule has 0 aliphatic carbocycles. The predicted molar refractivity (Wildman–Crippen MR) is 57.4 cm³/mol. The first-order valence-corrected chi connectivity index (χ1v) is 4.82. The van der Waals surface area contributed by atoms with Crippen LogP contribution >= 0.6 is 0 Å². The van der Waals surface area contributed by atoms with Crippen LogP contribution < -0.4 is 10.6 Å². The lowest BCUT2D eigenvalue weighted by Crippen LogP contribution is -2.24. The van der Waals surface area contributed by atoms with E-state index in [1.807, 2.05) is 14.1 Å². The van der Waals surface area contributed by atoms with Gasteiger partial charge in [0.05, 0.1) is 19.3 Å². The van der Waals surface area contributed by atoms with Gasteiger partial charge in [-0.05, 0) is 23.3 Å². The van der Waals surface area contributed by atoms with Crippen LogP contribution in [-0.4, -0.2) is 20.7 Å². The van der Waals surface area contributed by atoms with Crippen molar-refractivity contribution >= 4 is 5.69 Å². The van der Waals surface area contributed by atoms with E-state index >= 15 is 0 Å². The van der Waals surface area contributed by atoms with E-state index in [1.165, 1.54) is 16.8 Å². The highest BCUT2D eigenvalue weighted by molar-refractivity contribution is 5.50. The van der Waals surface area contributed by atoms with Gasteiger partial charge in [-0.1, -0.05) is 6.07 Å². The first-order chi connectivity index (χ1) is 6.68. The van der Waals surface area contributed by atoms with Crippen molar-refractivity contribution in [3.8, 4) is 0 Å². The minimum Gasteiger partial charge on any atom is -0.378 e. The molecule has 3 heteroatoms. The van der Waals surface area contributed by atoms with Gasteiger partial charge in [0.25, 0.3) is 0 Å². The molecule has 1 aliphatic heterocycles. The van der Waals surface area contributed by atoms with Crippen LogP contribution in [0.15, 0.2) is 18.2 Å². The molecule has 0 aromatic heterocycles. The Balaban J connectivity index is 2.39. The van der Waals surface area contributed by atoms with Crippen LogP contribution in [0.2, 0.25) is 0 Å². The summed E-state index contributed by atoms with van der Waals surface area (Å²) >= 11 is 0. The molecule has 0 radical (unpaired) electrons. The number of anilines is 1. The van der Waals surface area contributed by atoms with E-state index in [4.69, 9.17) is 10.5 Å². The Bertz CT molecular complexity index is 336. The third-order valence-electron chi connectivity index (χ3n) is 2.60. The first-order valence-electron chi connectivity index (χ1n) is 4.82. The van der Waals surface area contributed by atoms with Gasteiger partial charge in [0.2, 0.25) is 0 Å². The highest BCUT2D eigenvalue weighted by atomic mass is 16.5. The molecular formula is C11H16N2O. The van der Waals surface area contributed by atoms with Crippen LogP contribution in [0, 0.1) is 0 Å². The number of nitrogens with two attached hydrogens (primary N) is 1. The first kappa shape index (κ1) is 9.49. The topological polar surface area (TPSA) is 38.5 Å². The second kappa shape index (κ2) is 3.59. The normalized spacial score (nSPS) is 20.4. The van der Waals surface area contributed by atoms with Crippen molar-refractivity contribution in [3.05, 3.63) is 29.3 Å². The summed E-state index contributed by atoms with van der Waals surface area (Å²) in [5.74, 6) is 0. The number of nitrogens with zero attached hydrogens (tertiary/aromatic N) is 1. The Morgan fingerprint density at radius 1 is 1.43 bits per heavy atom. The van der Waals surface area contributed by atoms with Crippen molar-refractivity contribution in [1.82, 2.24) is 0 Å². The van der Waals surface area contributed by atoms with Gasteiger partial charge in [-0.15, -0.1) is 0 Å². The van der Waals surface area contributed by atoms with E-state index in [0.717, 1.165) is 0 Å². The average molecular weight is 192 g/mol. The van der Waals surface area contributed by atoms with E-state index in [2.05, 4.69) is 23.1 Å². The fourth-order valence-electron chi connectivity index (χ4n) is 1.74. The number of ether oxygens (including phenoxy) is 1. The van der Waals surface area contributed by atoms with Gasteiger partial charge >= 0.3 is 0 Å². The fourth-order valence-corrected chi connectivity index (χ4v) is 1.74. The highest BCUT2D eigenvalue weighted by Crippen LogP contribution is 2.26. The summed E-state index contributed by atoms with van der Waals surface area (Å²) in [6, 6.07) is 6.39. The minimum absolute atomic E-state index is 0.0370. The molecule has 0 fully saturated rings. The zero-order chi connectivity index (χ0) is 10.1. The van der Waals surface area contributed by atoms with Crippen LogP contribution in [-0.2, 0) is 11.3 Å². The largest absolute Gasteiger partial charge is 0.378 e. The molecule has 2 rings (SSSR count). The lowest BCUT2D eigenvalue weighted by Gasteiger charge is -2.24. The van der Waals surface area contributed by atoms with Crippen molar-refractivity contribution in [2.45, 2.75) is 12.6 Å². The van der Waals surface area contributed by atoms with Gasteiger partial charge in [0.1, 0.15) is 0 Å².